The van der Waals surface area contributed by atoms with Crippen molar-refractivity contribution in [1.29, 1.82) is 0 Å². The molecule has 0 unspecified atom stereocenters. The third-order valence-electron chi connectivity index (χ3n) is 0.183. The van der Waals surface area contributed by atoms with Gasteiger partial charge in [-0.05, 0) is 0 Å². The van der Waals surface area contributed by atoms with Gasteiger partial charge in [0.15, 0.2) is 0 Å². The molecule has 0 aromatic rings. The van der Waals surface area contributed by atoms with Crippen molar-refractivity contribution in [2.24, 2.45) is 0 Å². The Labute approximate surface area is 121 Å². The quantitative estimate of drug-likeness (QED) is 0.328. The van der Waals surface area contributed by atoms with Crippen LogP contribution in [0.15, 0.2) is 0 Å². The normalized spacial score (nSPS) is 5.23. The molecule has 0 aliphatic carbocycles. The maximum Gasteiger partial charge on any atom is 2.00 e. The molecule has 13 heavy (non-hydrogen) atoms. The van der Waals surface area contributed by atoms with Crippen LogP contribution in [-0.2, 0) is 26.4 Å². The van der Waals surface area contributed by atoms with E-state index < -0.39 is 18.1 Å². The number of hydrogen-bond donors (Lipinski definition) is 4. The number of carboxylic acid groups (broad SMARTS) is 4. The van der Waals surface area contributed by atoms with E-state index in [2.05, 4.69) is 0 Å². The van der Waals surface area contributed by atoms with Crippen molar-refractivity contribution in [3.63, 3.8) is 0 Å². The molecule has 4 N–H and O–H groups in total. The minimum atomic E-state index is -1.83. The van der Waals surface area contributed by atoms with Crippen LogP contribution in [0.25, 0.3) is 0 Å². The molecule has 0 heterocycles. The van der Waals surface area contributed by atoms with Crippen molar-refractivity contribution in [3.8, 4) is 0 Å². The molecule has 0 aliphatic heterocycles. The molecule has 1 radical (unpaired) electrons. The zero-order valence-corrected chi connectivity index (χ0v) is 10.1. The van der Waals surface area contributed by atoms with Gasteiger partial charge in [-0.3, -0.25) is 0 Å². The largest absolute Gasteiger partial charge is 2.00 e. The summed E-state index contributed by atoms with van der Waals surface area (Å²) in [5.41, 5.74) is 0. The van der Waals surface area contributed by atoms with Crippen molar-refractivity contribution in [2.75, 3.05) is 0 Å². The summed E-state index contributed by atoms with van der Waals surface area (Å²) >= 11 is 0. The Morgan fingerprint density at radius 1 is 0.769 bits per heavy atom. The van der Waals surface area contributed by atoms with Gasteiger partial charge in [0.1, 0.15) is 0 Å². The van der Waals surface area contributed by atoms with Gasteiger partial charge in [0.2, 0.25) is 0 Å². The second kappa shape index (κ2) is 18.1. The van der Waals surface area contributed by atoms with Crippen LogP contribution >= 0.6 is 0 Å². The predicted octanol–water partition coefficient (Wildman–Crippen LogP) is -0.936. The summed E-state index contributed by atoms with van der Waals surface area (Å²) in [6.45, 7) is 0. The first-order valence-electron chi connectivity index (χ1n) is 1.76. The van der Waals surface area contributed by atoms with Gasteiger partial charge in [-0.2, -0.15) is 0 Å². The predicted molar refractivity (Wildman–Crippen MR) is 41.9 cm³/mol. The summed E-state index contributed by atoms with van der Waals surface area (Å²) in [5, 5.41) is 28.7. The third kappa shape index (κ3) is 71.3. The van der Waals surface area contributed by atoms with Gasteiger partial charge in [-0.25, -0.2) is 14.4 Å². The van der Waals surface area contributed by atoms with Gasteiger partial charge in [-0.15, -0.1) is 0 Å². The van der Waals surface area contributed by atoms with Crippen LogP contribution in [0, 0.1) is 0 Å². The molecular weight excluding hydrogens is 256 g/mol. The zero-order chi connectivity index (χ0) is 8.73. The molecule has 0 saturated carbocycles. The maximum absolute atomic E-state index is 9.10. The first-order chi connectivity index (χ1) is 4.37. The molecular formula is C3H8CoMg2O7. The Kier molecular flexibility index (Phi) is 40.7. The second-order valence-corrected chi connectivity index (χ2v) is 0.893. The van der Waals surface area contributed by atoms with E-state index in [-0.39, 0.29) is 68.6 Å². The number of rotatable bonds is 0. The van der Waals surface area contributed by atoms with Crippen LogP contribution in [0.2, 0.25) is 0 Å². The van der Waals surface area contributed by atoms with E-state index in [1.165, 1.54) is 0 Å². The van der Waals surface area contributed by atoms with Gasteiger partial charge >= 0.3 is 64.2 Å². The summed E-state index contributed by atoms with van der Waals surface area (Å²) in [7, 11) is 0. The van der Waals surface area contributed by atoms with Crippen LogP contribution < -0.4 is 0 Å². The average molecular weight is 264 g/mol. The number of aliphatic carboxylic acids is 2. The number of carboxylic acids is 2. The molecule has 0 amide bonds. The van der Waals surface area contributed by atoms with Crippen LogP contribution in [0.1, 0.15) is 5.71 Å². The van der Waals surface area contributed by atoms with Crippen molar-refractivity contribution in [2.45, 2.75) is 0 Å². The summed E-state index contributed by atoms with van der Waals surface area (Å²) < 4.78 is 0. The van der Waals surface area contributed by atoms with E-state index in [4.69, 9.17) is 34.8 Å². The molecule has 7 nitrogen and oxygen atoms in total. The van der Waals surface area contributed by atoms with Crippen molar-refractivity contribution in [1.82, 2.24) is 0 Å². The van der Waals surface area contributed by atoms with Gasteiger partial charge in [0.05, 0.1) is 0 Å². The fourth-order valence-electron chi connectivity index (χ4n) is 0. The van der Waals surface area contributed by atoms with E-state index in [1.54, 1.807) is 0 Å². The first kappa shape index (κ1) is 29.2. The van der Waals surface area contributed by atoms with Crippen molar-refractivity contribution >= 4 is 64.2 Å². The van der Waals surface area contributed by atoms with Gasteiger partial charge in [0, 0.05) is 16.8 Å². The molecule has 0 atom stereocenters. The van der Waals surface area contributed by atoms with Crippen LogP contribution in [0.3, 0.4) is 0 Å². The summed E-state index contributed by atoms with van der Waals surface area (Å²) in [5.74, 6) is -3.65. The summed E-state index contributed by atoms with van der Waals surface area (Å²) in [6, 6.07) is 0. The van der Waals surface area contributed by atoms with Crippen LogP contribution in [0.5, 0.6) is 0 Å². The first-order valence-corrected chi connectivity index (χ1v) is 1.76. The minimum absolute atomic E-state index is 0. The van der Waals surface area contributed by atoms with Gasteiger partial charge < -0.3 is 26.1 Å². The fraction of sp³-hybridized carbons (Fsp3) is 0. The molecule has 0 fully saturated rings. The zero-order valence-electron chi connectivity index (χ0n) is 10.3. The molecule has 0 aromatic heterocycles. The van der Waals surface area contributed by atoms with Crippen LogP contribution in [0.4, 0.5) is 4.79 Å². The second-order valence-electron chi connectivity index (χ2n) is 0.893. The molecule has 0 aliphatic rings. The SMILES string of the molecule is O=C(O)C(=O)O.O=C(O)O.[Co].[H-].[H-].[H-].[H-].[Mg+2].[Mg+2]. The molecule has 0 bridgehead atoms. The van der Waals surface area contributed by atoms with Crippen LogP contribution in [-0.4, -0.2) is 84.6 Å². The Bertz CT molecular complexity index is 157. The van der Waals surface area contributed by atoms with E-state index in [9.17, 15) is 0 Å². The van der Waals surface area contributed by atoms with E-state index in [0.29, 0.717) is 0 Å². The maximum atomic E-state index is 9.10. The third-order valence-corrected chi connectivity index (χ3v) is 0.183. The Hall–Kier alpha value is 0.249. The Morgan fingerprint density at radius 2 is 0.846 bits per heavy atom. The summed E-state index contributed by atoms with van der Waals surface area (Å²) in [6.07, 6.45) is -1.83. The molecule has 10 heteroatoms. The van der Waals surface area contributed by atoms with E-state index >= 15 is 0 Å². The molecule has 75 valence electrons. The monoisotopic (exact) mass is 263 g/mol. The Balaban J connectivity index is -0.00000000783. The topological polar surface area (TPSA) is 132 Å². The Morgan fingerprint density at radius 3 is 0.846 bits per heavy atom. The fourth-order valence-corrected chi connectivity index (χ4v) is 0. The number of carbonyl (C=O) groups is 3. The molecule has 0 saturated heterocycles. The van der Waals surface area contributed by atoms with E-state index in [0.717, 1.165) is 0 Å². The van der Waals surface area contributed by atoms with E-state index in [1.807, 2.05) is 0 Å². The van der Waals surface area contributed by atoms with Crippen molar-refractivity contribution in [3.05, 3.63) is 0 Å². The van der Waals surface area contributed by atoms with Gasteiger partial charge in [0.25, 0.3) is 0 Å². The van der Waals surface area contributed by atoms with Crippen molar-refractivity contribution < 1.29 is 57.3 Å². The molecule has 0 rings (SSSR count). The minimum Gasteiger partial charge on any atom is -1.00 e. The standard InChI is InChI=1S/C2H2O4.CH2O3.Co.2Mg.4H/c3-1(4)2(5)6;2-1(3)4;;;;;;;/h(H,3,4)(H,5,6);(H2,2,3,4);;;;;;;/q;;;2*+2;4*-1. The molecule has 0 spiro atoms. The van der Waals surface area contributed by atoms with Gasteiger partial charge in [-0.1, -0.05) is 0 Å². The average Bonchev–Trinajstić information content (AvgIpc) is 1.63. The number of hydrogen-bond acceptors (Lipinski definition) is 3. The molecule has 0 aromatic carbocycles. The smallest absolute Gasteiger partial charge is 1.00 e. The summed E-state index contributed by atoms with van der Waals surface area (Å²) in [4.78, 5) is 26.8.